The second kappa shape index (κ2) is 9.00. The molecule has 3 rings (SSSR count). The van der Waals surface area contributed by atoms with Gasteiger partial charge in [-0.25, -0.2) is 0 Å². The van der Waals surface area contributed by atoms with Crippen molar-refractivity contribution in [1.82, 2.24) is 0 Å². The molecule has 1 saturated heterocycles. The predicted octanol–water partition coefficient (Wildman–Crippen LogP) is 4.75. The molecule has 2 aliphatic rings. The quantitative estimate of drug-likeness (QED) is 0.357. The van der Waals surface area contributed by atoms with Gasteiger partial charge in [-0.05, 0) is 37.1 Å². The second-order valence-electron chi connectivity index (χ2n) is 6.42. The molecule has 0 radical (unpaired) electrons. The zero-order valence-corrected chi connectivity index (χ0v) is 17.2. The van der Waals surface area contributed by atoms with Crippen molar-refractivity contribution in [1.29, 1.82) is 0 Å². The Bertz CT molecular complexity index is 768. The molecule has 0 amide bonds. The zero-order chi connectivity index (χ0) is 21.9. The lowest BCUT2D eigenvalue weighted by molar-refractivity contribution is -0.248. The summed E-state index contributed by atoms with van der Waals surface area (Å²) < 4.78 is 103. The summed E-state index contributed by atoms with van der Waals surface area (Å²) >= 11 is 3.27. The third-order valence-electron chi connectivity index (χ3n) is 4.40. The maximum atomic E-state index is 14.3. The molecule has 1 aliphatic heterocycles. The Labute approximate surface area is 172 Å². The van der Waals surface area contributed by atoms with E-state index >= 15 is 0 Å². The molecule has 0 aromatic heterocycles. The van der Waals surface area contributed by atoms with E-state index in [2.05, 4.69) is 15.9 Å². The van der Waals surface area contributed by atoms with Crippen LogP contribution >= 0.6 is 15.9 Å². The maximum absolute atomic E-state index is 14.3. The van der Waals surface area contributed by atoms with E-state index in [-0.39, 0.29) is 5.75 Å². The van der Waals surface area contributed by atoms with Gasteiger partial charge in [0.05, 0.1) is 19.1 Å². The minimum atomic E-state index is -5.84. The maximum Gasteiger partial charge on any atom is 0.522 e. The molecule has 2 fully saturated rings. The van der Waals surface area contributed by atoms with Gasteiger partial charge in [-0.2, -0.15) is 30.4 Å². The van der Waals surface area contributed by atoms with E-state index in [0.717, 1.165) is 4.47 Å². The highest BCUT2D eigenvalue weighted by Crippen LogP contribution is 2.44. The van der Waals surface area contributed by atoms with E-state index < -0.39 is 33.4 Å². The van der Waals surface area contributed by atoms with E-state index in [1.165, 1.54) is 12.1 Å². The molecule has 1 aromatic rings. The Morgan fingerprint density at radius 1 is 1.03 bits per heavy atom. The molecule has 0 unspecified atom stereocenters. The van der Waals surface area contributed by atoms with Gasteiger partial charge in [0.2, 0.25) is 0 Å². The molecule has 1 heterocycles. The lowest BCUT2D eigenvalue weighted by Gasteiger charge is -2.37. The van der Waals surface area contributed by atoms with Crippen molar-refractivity contribution >= 4 is 26.0 Å². The smallest absolute Gasteiger partial charge is 0.432 e. The van der Waals surface area contributed by atoms with Gasteiger partial charge in [0.1, 0.15) is 5.75 Å². The number of benzene rings is 1. The van der Waals surface area contributed by atoms with Gasteiger partial charge in [-0.15, -0.1) is 0 Å². The number of hydrogen-bond acceptors (Lipinski definition) is 5. The summed E-state index contributed by atoms with van der Waals surface area (Å²) in [4.78, 5) is 0. The first-order chi connectivity index (χ1) is 13.2. The number of ether oxygens (including phenoxy) is 3. The van der Waals surface area contributed by atoms with E-state index in [9.17, 15) is 22.0 Å². The summed E-state index contributed by atoms with van der Waals surface area (Å²) in [6, 6.07) is 6.43. The first kappa shape index (κ1) is 24.3. The fourth-order valence-corrected chi connectivity index (χ4v) is 3.19. The van der Waals surface area contributed by atoms with Gasteiger partial charge in [0.25, 0.3) is 0 Å². The van der Waals surface area contributed by atoms with Gasteiger partial charge in [0.15, 0.2) is 5.79 Å². The highest BCUT2D eigenvalue weighted by molar-refractivity contribution is 9.10. The third kappa shape index (κ3) is 6.74. The third-order valence-corrected chi connectivity index (χ3v) is 5.51. The first-order valence-electron chi connectivity index (χ1n) is 8.38. The largest absolute Gasteiger partial charge is 0.522 e. The fraction of sp³-hybridized carbons (Fsp3) is 0.625. The van der Waals surface area contributed by atoms with E-state index in [1.807, 2.05) is 0 Å². The lowest BCUT2D eigenvalue weighted by Crippen LogP contribution is -2.43. The molecule has 29 heavy (non-hydrogen) atoms. The van der Waals surface area contributed by atoms with Crippen molar-refractivity contribution in [3.8, 4) is 5.75 Å². The highest BCUT2D eigenvalue weighted by atomic mass is 79.9. The minimum absolute atomic E-state index is 0.178. The summed E-state index contributed by atoms with van der Waals surface area (Å²) in [5.74, 6) is -1.25. The highest BCUT2D eigenvalue weighted by Gasteiger charge is 2.49. The van der Waals surface area contributed by atoms with Crippen molar-refractivity contribution in [2.75, 3.05) is 13.2 Å². The van der Waals surface area contributed by atoms with Crippen molar-refractivity contribution in [2.45, 2.75) is 43.1 Å². The molecule has 1 aromatic carbocycles. The van der Waals surface area contributed by atoms with Gasteiger partial charge >= 0.3 is 21.7 Å². The summed E-state index contributed by atoms with van der Waals surface area (Å²) in [7, 11) is -5.84. The average molecular weight is 513 g/mol. The molecule has 1 aliphatic carbocycles. The standard InChI is InChI=1S/C15H17BrF2O3.CHF3O3S/c16-12-1-3-13(4-2-12)21-15(17,18)11-5-7-14(8-6-11)19-9-10-20-14;2-1(3,4)8(5,6)7/h1-4,11H,5-10H2;(H,5,6,7). The Hall–Kier alpha value is -1.02. The molecule has 1 spiro atoms. The van der Waals surface area contributed by atoms with Crippen molar-refractivity contribution < 1.29 is 49.1 Å². The number of alkyl halides is 5. The van der Waals surface area contributed by atoms with Crippen LogP contribution in [0.15, 0.2) is 28.7 Å². The van der Waals surface area contributed by atoms with E-state index in [0.29, 0.717) is 38.9 Å². The Morgan fingerprint density at radius 2 is 1.48 bits per heavy atom. The van der Waals surface area contributed by atoms with Crippen LogP contribution in [0.1, 0.15) is 25.7 Å². The average Bonchev–Trinajstić information content (AvgIpc) is 3.04. The van der Waals surface area contributed by atoms with Crippen LogP contribution in [0.2, 0.25) is 0 Å². The molecule has 1 N–H and O–H groups in total. The normalized spacial score (nSPS) is 20.2. The predicted molar refractivity (Wildman–Crippen MR) is 93.9 cm³/mol. The summed E-state index contributed by atoms with van der Waals surface area (Å²) in [5, 5.41) is 0. The van der Waals surface area contributed by atoms with Crippen LogP contribution in [-0.4, -0.2) is 43.6 Å². The summed E-state index contributed by atoms with van der Waals surface area (Å²) in [6.45, 7) is 1.10. The van der Waals surface area contributed by atoms with Crippen molar-refractivity contribution in [2.24, 2.45) is 5.92 Å². The Kier molecular flexibility index (Phi) is 7.53. The van der Waals surface area contributed by atoms with Crippen molar-refractivity contribution in [3.05, 3.63) is 28.7 Å². The Balaban J connectivity index is 0.000000321. The summed E-state index contributed by atoms with van der Waals surface area (Å²) in [5.41, 5.74) is -5.53. The molecule has 1 saturated carbocycles. The van der Waals surface area contributed by atoms with Gasteiger partial charge in [-0.3, -0.25) is 4.55 Å². The van der Waals surface area contributed by atoms with Crippen LogP contribution in [0.4, 0.5) is 22.0 Å². The van der Waals surface area contributed by atoms with Crippen LogP contribution in [-0.2, 0) is 19.6 Å². The number of hydrogen-bond donors (Lipinski definition) is 1. The van der Waals surface area contributed by atoms with Crippen molar-refractivity contribution in [3.63, 3.8) is 0 Å². The van der Waals surface area contributed by atoms with E-state index in [1.54, 1.807) is 12.1 Å². The molecular weight excluding hydrogens is 495 g/mol. The molecular formula is C16H18BrF5O6S. The molecule has 166 valence electrons. The zero-order valence-electron chi connectivity index (χ0n) is 14.8. The molecule has 0 bridgehead atoms. The molecule has 6 nitrogen and oxygen atoms in total. The van der Waals surface area contributed by atoms with Crippen LogP contribution in [0.3, 0.4) is 0 Å². The first-order valence-corrected chi connectivity index (χ1v) is 10.6. The van der Waals surface area contributed by atoms with Crippen LogP contribution in [0.25, 0.3) is 0 Å². The Morgan fingerprint density at radius 3 is 1.90 bits per heavy atom. The molecule has 0 atom stereocenters. The summed E-state index contributed by atoms with van der Waals surface area (Å²) in [6.07, 6.45) is -1.50. The van der Waals surface area contributed by atoms with Crippen LogP contribution < -0.4 is 4.74 Å². The van der Waals surface area contributed by atoms with Gasteiger partial charge < -0.3 is 14.2 Å². The number of rotatable bonds is 3. The second-order valence-corrected chi connectivity index (χ2v) is 8.75. The number of halogens is 6. The topological polar surface area (TPSA) is 82.1 Å². The molecule has 13 heteroatoms. The van der Waals surface area contributed by atoms with Gasteiger partial charge in [-0.1, -0.05) is 15.9 Å². The van der Waals surface area contributed by atoms with Crippen LogP contribution in [0.5, 0.6) is 5.75 Å². The SMILES string of the molecule is FC(F)(Oc1ccc(Br)cc1)C1CCC2(CC1)OCCO2.O=S(=O)(O)C(F)(F)F. The lowest BCUT2D eigenvalue weighted by atomic mass is 9.84. The van der Waals surface area contributed by atoms with Gasteiger partial charge in [0, 0.05) is 17.3 Å². The van der Waals surface area contributed by atoms with E-state index in [4.69, 9.17) is 27.2 Å². The fourth-order valence-electron chi connectivity index (χ4n) is 2.92. The minimum Gasteiger partial charge on any atom is -0.432 e. The van der Waals surface area contributed by atoms with Crippen LogP contribution in [0, 0.1) is 5.92 Å². The monoisotopic (exact) mass is 512 g/mol.